The van der Waals surface area contributed by atoms with Gasteiger partial charge in [0.25, 0.3) is 11.5 Å². The number of aromatic nitrogens is 4. The lowest BCUT2D eigenvalue weighted by molar-refractivity contribution is -0.00175. The Kier molecular flexibility index (Phi) is 5.39. The normalized spacial score (nSPS) is 15.2. The lowest BCUT2D eigenvalue weighted by Gasteiger charge is -2.34. The molecule has 0 saturated heterocycles. The molecular weight excluding hydrogens is 493 g/mol. The SMILES string of the molecule is COc1cc(-c2nnc3c(=O)[nH]c4cc(C(=O)N5Cc6ccccc6CC5O)c(C)cc4n23)cc(F)c1O. The molecule has 1 aliphatic rings. The summed E-state index contributed by atoms with van der Waals surface area (Å²) in [5.74, 6) is -1.89. The van der Waals surface area contributed by atoms with Crippen LogP contribution in [0.3, 0.4) is 0 Å². The predicted molar refractivity (Wildman–Crippen MR) is 135 cm³/mol. The molecule has 0 aliphatic carbocycles. The third-order valence-electron chi connectivity index (χ3n) is 6.92. The molecule has 0 fully saturated rings. The van der Waals surface area contributed by atoms with Gasteiger partial charge in [-0.15, -0.1) is 10.2 Å². The van der Waals surface area contributed by atoms with Crippen LogP contribution in [0.1, 0.15) is 27.0 Å². The van der Waals surface area contributed by atoms with Gasteiger partial charge in [0.15, 0.2) is 23.1 Å². The van der Waals surface area contributed by atoms with Crippen molar-refractivity contribution < 1.29 is 24.1 Å². The van der Waals surface area contributed by atoms with Crippen LogP contribution in [-0.4, -0.2) is 53.9 Å². The van der Waals surface area contributed by atoms with Gasteiger partial charge in [-0.2, -0.15) is 0 Å². The molecule has 192 valence electrons. The highest BCUT2D eigenvalue weighted by Crippen LogP contribution is 2.35. The molecule has 0 bridgehead atoms. The van der Waals surface area contributed by atoms with E-state index in [1.165, 1.54) is 22.5 Å². The quantitative estimate of drug-likeness (QED) is 0.337. The molecule has 0 saturated carbocycles. The molecule has 6 rings (SSSR count). The van der Waals surface area contributed by atoms with E-state index in [1.807, 2.05) is 24.3 Å². The van der Waals surface area contributed by atoms with Crippen molar-refractivity contribution in [3.05, 3.63) is 87.0 Å². The Morgan fingerprint density at radius 1 is 1.16 bits per heavy atom. The number of hydrogen-bond donors (Lipinski definition) is 3. The number of carbonyl (C=O) groups is 1. The Labute approximate surface area is 214 Å². The van der Waals surface area contributed by atoms with Crippen molar-refractivity contribution in [2.75, 3.05) is 7.11 Å². The molecule has 11 heteroatoms. The number of aliphatic hydroxyl groups excluding tert-OH is 1. The fourth-order valence-corrected chi connectivity index (χ4v) is 4.96. The number of aromatic amines is 1. The van der Waals surface area contributed by atoms with Gasteiger partial charge in [-0.3, -0.25) is 14.0 Å². The summed E-state index contributed by atoms with van der Waals surface area (Å²) >= 11 is 0. The highest BCUT2D eigenvalue weighted by Gasteiger charge is 2.30. The van der Waals surface area contributed by atoms with Crippen molar-refractivity contribution >= 4 is 22.6 Å². The number of phenolic OH excluding ortho intramolecular Hbond substituents is 1. The van der Waals surface area contributed by atoms with Crippen molar-refractivity contribution in [2.45, 2.75) is 26.1 Å². The molecule has 1 atom stereocenters. The minimum atomic E-state index is -0.988. The van der Waals surface area contributed by atoms with Crippen LogP contribution < -0.4 is 10.3 Å². The van der Waals surface area contributed by atoms with Crippen LogP contribution in [-0.2, 0) is 13.0 Å². The van der Waals surface area contributed by atoms with Gasteiger partial charge in [0, 0.05) is 24.1 Å². The molecule has 10 nitrogen and oxygen atoms in total. The van der Waals surface area contributed by atoms with Crippen LogP contribution in [0.5, 0.6) is 11.5 Å². The molecule has 0 spiro atoms. The zero-order valence-corrected chi connectivity index (χ0v) is 20.4. The first-order valence-corrected chi connectivity index (χ1v) is 11.8. The zero-order valence-electron chi connectivity index (χ0n) is 20.4. The molecule has 3 N–H and O–H groups in total. The Morgan fingerprint density at radius 2 is 1.92 bits per heavy atom. The maximum Gasteiger partial charge on any atom is 0.294 e. The highest BCUT2D eigenvalue weighted by molar-refractivity contribution is 5.99. The van der Waals surface area contributed by atoms with Gasteiger partial charge < -0.3 is 24.8 Å². The molecule has 1 aliphatic heterocycles. The number of ether oxygens (including phenoxy) is 1. The number of aryl methyl sites for hydroxylation is 1. The summed E-state index contributed by atoms with van der Waals surface area (Å²) in [6, 6.07) is 13.4. The van der Waals surface area contributed by atoms with Crippen LogP contribution in [0, 0.1) is 12.7 Å². The van der Waals surface area contributed by atoms with Crippen molar-refractivity contribution in [2.24, 2.45) is 0 Å². The number of methoxy groups -OCH3 is 1. The molecule has 0 radical (unpaired) electrons. The average molecular weight is 516 g/mol. The van der Waals surface area contributed by atoms with Gasteiger partial charge in [0.2, 0.25) is 5.65 Å². The fraction of sp³-hybridized carbons (Fsp3) is 0.185. The molecular formula is C27H22FN5O5. The van der Waals surface area contributed by atoms with E-state index in [0.717, 1.165) is 17.2 Å². The monoisotopic (exact) mass is 515 g/mol. The Morgan fingerprint density at radius 3 is 2.68 bits per heavy atom. The third kappa shape index (κ3) is 3.58. The molecule has 3 aromatic carbocycles. The summed E-state index contributed by atoms with van der Waals surface area (Å²) < 4.78 is 20.9. The number of rotatable bonds is 3. The second-order valence-corrected chi connectivity index (χ2v) is 9.22. The van der Waals surface area contributed by atoms with Gasteiger partial charge in [-0.1, -0.05) is 24.3 Å². The molecule has 1 amide bonds. The van der Waals surface area contributed by atoms with Crippen LogP contribution in [0.4, 0.5) is 4.39 Å². The van der Waals surface area contributed by atoms with E-state index in [9.17, 15) is 24.2 Å². The van der Waals surface area contributed by atoms with Crippen LogP contribution in [0.25, 0.3) is 28.1 Å². The standard InChI is InChI=1S/C27H22FN5O5/c1-13-7-20-19(11-17(13)27(37)32-12-15-6-4-3-5-14(15)10-22(32)34)29-26(36)25-31-30-24(33(20)25)16-8-18(28)23(35)21(9-16)38-2/h3-9,11,22,34-35H,10,12H2,1-2H3,(H,29,36). The number of phenols is 1. The van der Waals surface area contributed by atoms with Gasteiger partial charge in [-0.05, 0) is 47.9 Å². The van der Waals surface area contributed by atoms with Gasteiger partial charge in [0.1, 0.15) is 6.23 Å². The number of carbonyl (C=O) groups excluding carboxylic acids is 1. The maximum absolute atomic E-state index is 14.4. The Bertz CT molecular complexity index is 1830. The second-order valence-electron chi connectivity index (χ2n) is 9.22. The number of nitrogens with one attached hydrogen (secondary N) is 1. The number of aromatic hydroxyl groups is 1. The molecule has 1 unspecified atom stereocenters. The van der Waals surface area contributed by atoms with E-state index in [1.54, 1.807) is 19.1 Å². The van der Waals surface area contributed by atoms with Crippen LogP contribution in [0.15, 0.2) is 53.3 Å². The number of nitrogens with zero attached hydrogens (tertiary/aromatic N) is 4. The summed E-state index contributed by atoms with van der Waals surface area (Å²) in [5.41, 5.74) is 3.32. The van der Waals surface area contributed by atoms with Gasteiger partial charge in [0.05, 0.1) is 18.1 Å². The molecule has 2 aromatic heterocycles. The lowest BCUT2D eigenvalue weighted by atomic mass is 9.97. The smallest absolute Gasteiger partial charge is 0.294 e. The minimum Gasteiger partial charge on any atom is -0.502 e. The average Bonchev–Trinajstić information content (AvgIpc) is 3.36. The summed E-state index contributed by atoms with van der Waals surface area (Å²) in [5, 5.41) is 28.7. The van der Waals surface area contributed by atoms with Crippen molar-refractivity contribution in [3.63, 3.8) is 0 Å². The first kappa shape index (κ1) is 23.6. The van der Waals surface area contributed by atoms with E-state index >= 15 is 0 Å². The molecule has 3 heterocycles. The highest BCUT2D eigenvalue weighted by atomic mass is 19.1. The van der Waals surface area contributed by atoms with E-state index in [-0.39, 0.29) is 35.2 Å². The van der Waals surface area contributed by atoms with E-state index in [4.69, 9.17) is 4.74 Å². The summed E-state index contributed by atoms with van der Waals surface area (Å²) in [6.07, 6.45) is -0.666. The first-order valence-electron chi connectivity index (χ1n) is 11.8. The number of H-pyrrole nitrogens is 1. The predicted octanol–water partition coefficient (Wildman–Crippen LogP) is 2.92. The molecule has 38 heavy (non-hydrogen) atoms. The third-order valence-corrected chi connectivity index (χ3v) is 6.92. The summed E-state index contributed by atoms with van der Waals surface area (Å²) in [6.45, 7) is 2.01. The largest absolute Gasteiger partial charge is 0.502 e. The first-order chi connectivity index (χ1) is 18.3. The Balaban J connectivity index is 1.49. The second kappa shape index (κ2) is 8.67. The lowest BCUT2D eigenvalue weighted by Crippen LogP contribution is -2.44. The topological polar surface area (TPSA) is 133 Å². The van der Waals surface area contributed by atoms with Crippen molar-refractivity contribution in [3.8, 4) is 22.9 Å². The summed E-state index contributed by atoms with van der Waals surface area (Å²) in [4.78, 5) is 30.6. The number of aliphatic hydroxyl groups is 1. The van der Waals surface area contributed by atoms with E-state index in [0.29, 0.717) is 28.6 Å². The van der Waals surface area contributed by atoms with Gasteiger partial charge in [-0.25, -0.2) is 4.39 Å². The number of amides is 1. The zero-order chi connectivity index (χ0) is 26.7. The minimum absolute atomic E-state index is 0.0264. The number of fused-ring (bicyclic) bond motifs is 4. The number of halogens is 1. The number of hydrogen-bond acceptors (Lipinski definition) is 7. The van der Waals surface area contributed by atoms with Crippen molar-refractivity contribution in [1.82, 2.24) is 24.5 Å². The molecule has 5 aromatic rings. The summed E-state index contributed by atoms with van der Waals surface area (Å²) in [7, 11) is 1.29. The van der Waals surface area contributed by atoms with Crippen LogP contribution >= 0.6 is 0 Å². The number of benzene rings is 3. The van der Waals surface area contributed by atoms with E-state index in [2.05, 4.69) is 15.2 Å². The maximum atomic E-state index is 14.4. The fourth-order valence-electron chi connectivity index (χ4n) is 4.96. The van der Waals surface area contributed by atoms with Gasteiger partial charge >= 0.3 is 0 Å². The Hall–Kier alpha value is -4.77. The van der Waals surface area contributed by atoms with Crippen LogP contribution in [0.2, 0.25) is 0 Å². The van der Waals surface area contributed by atoms with E-state index < -0.39 is 23.4 Å². The van der Waals surface area contributed by atoms with Crippen molar-refractivity contribution in [1.29, 1.82) is 0 Å².